The molecule has 14 heavy (non-hydrogen) atoms. The van der Waals surface area contributed by atoms with E-state index in [9.17, 15) is 4.79 Å². The lowest BCUT2D eigenvalue weighted by Crippen LogP contribution is -2.13. The molecule has 0 heterocycles. The van der Waals surface area contributed by atoms with Gasteiger partial charge in [-0.25, -0.2) is 0 Å². The summed E-state index contributed by atoms with van der Waals surface area (Å²) in [5.74, 6) is -0.197. The number of hydrogen-bond donors (Lipinski definition) is 1. The maximum atomic E-state index is 11.0. The molecule has 0 bridgehead atoms. The van der Waals surface area contributed by atoms with Crippen molar-refractivity contribution in [1.82, 2.24) is 0 Å². The summed E-state index contributed by atoms with van der Waals surface area (Å²) in [6, 6.07) is 6.49. The van der Waals surface area contributed by atoms with E-state index in [1.165, 1.54) is 18.2 Å². The van der Waals surface area contributed by atoms with E-state index >= 15 is 0 Å². The molecule has 0 saturated heterocycles. The van der Waals surface area contributed by atoms with Crippen molar-refractivity contribution in [3.05, 3.63) is 29.3 Å². The number of nitrogens with two attached hydrogens (primary N) is 1. The van der Waals surface area contributed by atoms with E-state index in [1.54, 1.807) is 6.92 Å². The Morgan fingerprint density at radius 3 is 2.86 bits per heavy atom. The Kier molecular flexibility index (Phi) is 3.08. The minimum atomic E-state index is -0.557. The van der Waals surface area contributed by atoms with Crippen LogP contribution in [0, 0.1) is 11.3 Å². The molecule has 2 N–H and O–H groups in total. The molecule has 1 aromatic carbocycles. The molecule has 0 fully saturated rings. The van der Waals surface area contributed by atoms with Gasteiger partial charge in [-0.2, -0.15) is 5.26 Å². The molecule has 0 aromatic heterocycles. The molecule has 1 aromatic rings. The highest BCUT2D eigenvalue weighted by Crippen LogP contribution is 2.19. The van der Waals surface area contributed by atoms with Gasteiger partial charge in [0.25, 0.3) is 5.91 Å². The van der Waals surface area contributed by atoms with E-state index < -0.39 is 5.91 Å². The fraction of sp³-hybridized carbons (Fsp3) is 0.200. The Balaban J connectivity index is 3.18. The zero-order chi connectivity index (χ0) is 10.6. The smallest absolute Gasteiger partial charge is 0.252 e. The molecule has 1 rings (SSSR count). The van der Waals surface area contributed by atoms with Gasteiger partial charge in [0.1, 0.15) is 5.75 Å². The van der Waals surface area contributed by atoms with Gasteiger partial charge in [-0.3, -0.25) is 4.79 Å². The first-order valence-corrected chi connectivity index (χ1v) is 4.15. The summed E-state index contributed by atoms with van der Waals surface area (Å²) in [5.41, 5.74) is 5.87. The van der Waals surface area contributed by atoms with Crippen LogP contribution in [0.1, 0.15) is 22.8 Å². The first kappa shape index (κ1) is 10.1. The van der Waals surface area contributed by atoms with E-state index in [-0.39, 0.29) is 0 Å². The van der Waals surface area contributed by atoms with Crippen LogP contribution < -0.4 is 10.5 Å². The lowest BCUT2D eigenvalue weighted by molar-refractivity contribution is 0.0996. The van der Waals surface area contributed by atoms with Gasteiger partial charge in [-0.15, -0.1) is 0 Å². The lowest BCUT2D eigenvalue weighted by Gasteiger charge is -2.07. The predicted molar refractivity (Wildman–Crippen MR) is 50.8 cm³/mol. The second-order valence-corrected chi connectivity index (χ2v) is 2.62. The fourth-order valence-electron chi connectivity index (χ4n) is 1.07. The Labute approximate surface area is 81.9 Å². The lowest BCUT2D eigenvalue weighted by atomic mass is 10.1. The molecule has 72 valence electrons. The summed E-state index contributed by atoms with van der Waals surface area (Å²) in [7, 11) is 0. The number of rotatable bonds is 3. The summed E-state index contributed by atoms with van der Waals surface area (Å²) in [4.78, 5) is 11.0. The van der Waals surface area contributed by atoms with Crippen LogP contribution in [0.5, 0.6) is 5.75 Å². The Morgan fingerprint density at radius 1 is 1.64 bits per heavy atom. The van der Waals surface area contributed by atoms with Crippen LogP contribution in [0.2, 0.25) is 0 Å². The molecule has 0 saturated carbocycles. The van der Waals surface area contributed by atoms with Crippen LogP contribution in [0.3, 0.4) is 0 Å². The number of hydrogen-bond acceptors (Lipinski definition) is 3. The molecule has 0 aliphatic carbocycles. The van der Waals surface area contributed by atoms with Gasteiger partial charge in [0.15, 0.2) is 0 Å². The number of benzene rings is 1. The minimum absolute atomic E-state index is 0.297. The van der Waals surface area contributed by atoms with Crippen molar-refractivity contribution in [3.8, 4) is 11.8 Å². The monoisotopic (exact) mass is 190 g/mol. The molecule has 0 unspecified atom stereocenters. The number of nitriles is 1. The van der Waals surface area contributed by atoms with Crippen molar-refractivity contribution in [2.24, 2.45) is 5.73 Å². The first-order chi connectivity index (χ1) is 6.69. The van der Waals surface area contributed by atoms with E-state index in [0.29, 0.717) is 23.5 Å². The molecule has 0 radical (unpaired) electrons. The van der Waals surface area contributed by atoms with E-state index in [1.807, 2.05) is 6.07 Å². The summed E-state index contributed by atoms with van der Waals surface area (Å²) >= 11 is 0. The Hall–Kier alpha value is -2.02. The van der Waals surface area contributed by atoms with Crippen molar-refractivity contribution >= 4 is 5.91 Å². The van der Waals surface area contributed by atoms with Gasteiger partial charge in [0.05, 0.1) is 23.8 Å². The second kappa shape index (κ2) is 4.28. The zero-order valence-electron chi connectivity index (χ0n) is 7.78. The van der Waals surface area contributed by atoms with Gasteiger partial charge in [0.2, 0.25) is 0 Å². The van der Waals surface area contributed by atoms with Gasteiger partial charge in [-0.1, -0.05) is 0 Å². The van der Waals surface area contributed by atoms with Crippen LogP contribution in [0.15, 0.2) is 18.2 Å². The van der Waals surface area contributed by atoms with E-state index in [4.69, 9.17) is 15.7 Å². The molecule has 0 aliphatic rings. The molecule has 4 heteroatoms. The highest BCUT2D eigenvalue weighted by molar-refractivity contribution is 5.95. The van der Waals surface area contributed by atoms with Crippen molar-refractivity contribution in [2.75, 3.05) is 6.61 Å². The quantitative estimate of drug-likeness (QED) is 0.774. The van der Waals surface area contributed by atoms with Crippen LogP contribution in [0.4, 0.5) is 0 Å². The topological polar surface area (TPSA) is 76.1 Å². The zero-order valence-corrected chi connectivity index (χ0v) is 7.78. The molecule has 0 spiro atoms. The third-order valence-corrected chi connectivity index (χ3v) is 1.68. The van der Waals surface area contributed by atoms with Crippen LogP contribution in [-0.2, 0) is 0 Å². The van der Waals surface area contributed by atoms with Crippen molar-refractivity contribution in [2.45, 2.75) is 6.92 Å². The highest BCUT2D eigenvalue weighted by Gasteiger charge is 2.09. The van der Waals surface area contributed by atoms with Crippen molar-refractivity contribution in [3.63, 3.8) is 0 Å². The maximum Gasteiger partial charge on any atom is 0.252 e. The highest BCUT2D eigenvalue weighted by atomic mass is 16.5. The summed E-state index contributed by atoms with van der Waals surface area (Å²) < 4.78 is 5.19. The molecule has 4 nitrogen and oxygen atoms in total. The largest absolute Gasteiger partial charge is 0.493 e. The van der Waals surface area contributed by atoms with Crippen molar-refractivity contribution in [1.29, 1.82) is 5.26 Å². The van der Waals surface area contributed by atoms with Gasteiger partial charge in [0, 0.05) is 0 Å². The maximum absolute atomic E-state index is 11.0. The second-order valence-electron chi connectivity index (χ2n) is 2.62. The molecule has 0 aliphatic heterocycles. The molecular formula is C10H10N2O2. The minimum Gasteiger partial charge on any atom is -0.493 e. The van der Waals surface area contributed by atoms with Crippen LogP contribution in [-0.4, -0.2) is 12.5 Å². The third-order valence-electron chi connectivity index (χ3n) is 1.68. The van der Waals surface area contributed by atoms with Gasteiger partial charge in [-0.05, 0) is 25.1 Å². The number of ether oxygens (including phenoxy) is 1. The molecule has 1 amide bonds. The Bertz CT molecular complexity index is 394. The molecule has 0 atom stereocenters. The average Bonchev–Trinajstić information content (AvgIpc) is 2.17. The van der Waals surface area contributed by atoms with Crippen LogP contribution >= 0.6 is 0 Å². The van der Waals surface area contributed by atoms with Crippen molar-refractivity contribution < 1.29 is 9.53 Å². The number of carbonyl (C=O) groups excluding carboxylic acids is 1. The van der Waals surface area contributed by atoms with E-state index in [0.717, 1.165) is 0 Å². The van der Waals surface area contributed by atoms with E-state index in [2.05, 4.69) is 0 Å². The summed E-state index contributed by atoms with van der Waals surface area (Å²) in [6.07, 6.45) is 0. The van der Waals surface area contributed by atoms with Gasteiger partial charge >= 0.3 is 0 Å². The Morgan fingerprint density at radius 2 is 2.36 bits per heavy atom. The average molecular weight is 190 g/mol. The number of amides is 1. The summed E-state index contributed by atoms with van der Waals surface area (Å²) in [6.45, 7) is 2.22. The number of carbonyl (C=O) groups is 1. The van der Waals surface area contributed by atoms with Crippen LogP contribution in [0.25, 0.3) is 0 Å². The number of nitrogens with zero attached hydrogens (tertiary/aromatic N) is 1. The first-order valence-electron chi connectivity index (χ1n) is 4.15. The number of primary amides is 1. The SMILES string of the molecule is CCOc1cc(C#N)ccc1C(N)=O. The summed E-state index contributed by atoms with van der Waals surface area (Å²) in [5, 5.41) is 8.64. The normalized spacial score (nSPS) is 9.14. The standard InChI is InChI=1S/C10H10N2O2/c1-2-14-9-5-7(6-11)3-4-8(9)10(12)13/h3-5H,2H2,1H3,(H2,12,13). The van der Waals surface area contributed by atoms with Gasteiger partial charge < -0.3 is 10.5 Å². The molecular weight excluding hydrogens is 180 g/mol. The predicted octanol–water partition coefficient (Wildman–Crippen LogP) is 1.06. The fourth-order valence-corrected chi connectivity index (χ4v) is 1.07. The third kappa shape index (κ3) is 2.02.